The molecule has 0 amide bonds. The van der Waals surface area contributed by atoms with Gasteiger partial charge in [-0.15, -0.1) is 0 Å². The Morgan fingerprint density at radius 3 is 2.76 bits per heavy atom. The van der Waals surface area contributed by atoms with Gasteiger partial charge in [0.1, 0.15) is 5.82 Å². The van der Waals surface area contributed by atoms with Gasteiger partial charge in [-0.1, -0.05) is 41.9 Å². The summed E-state index contributed by atoms with van der Waals surface area (Å²) in [6.07, 6.45) is 2.76. The van der Waals surface area contributed by atoms with Gasteiger partial charge in [-0.2, -0.15) is 0 Å². The van der Waals surface area contributed by atoms with Gasteiger partial charge in [-0.3, -0.25) is 0 Å². The summed E-state index contributed by atoms with van der Waals surface area (Å²) in [7, 11) is 0. The molecule has 2 heterocycles. The summed E-state index contributed by atoms with van der Waals surface area (Å²) in [4.78, 5) is 0. The smallest absolute Gasteiger partial charge is 0.148 e. The van der Waals surface area contributed by atoms with Gasteiger partial charge >= 0.3 is 0 Å². The lowest BCUT2D eigenvalue weighted by Crippen LogP contribution is -2.39. The number of halogens is 2. The molecule has 0 radical (unpaired) electrons. The Hall–Kier alpha value is -1.62. The van der Waals surface area contributed by atoms with Gasteiger partial charge in [0.15, 0.2) is 0 Å². The summed E-state index contributed by atoms with van der Waals surface area (Å²) >= 11 is 6.12. The first-order valence-electron chi connectivity index (χ1n) is 8.83. The van der Waals surface area contributed by atoms with Crippen molar-refractivity contribution in [2.75, 3.05) is 11.9 Å². The summed E-state index contributed by atoms with van der Waals surface area (Å²) in [5.41, 5.74) is 8.20. The predicted octanol–water partition coefficient (Wildman–Crippen LogP) is 4.83. The van der Waals surface area contributed by atoms with Crippen molar-refractivity contribution in [1.29, 1.82) is 0 Å². The second-order valence-corrected chi connectivity index (χ2v) is 7.32. The molecule has 2 aliphatic rings. The van der Waals surface area contributed by atoms with Crippen molar-refractivity contribution in [3.05, 3.63) is 64.4 Å². The third kappa shape index (κ3) is 3.14. The number of benzene rings is 2. The van der Waals surface area contributed by atoms with Crippen molar-refractivity contribution in [1.82, 2.24) is 0 Å². The maximum atomic E-state index is 14.6. The first-order chi connectivity index (χ1) is 12.2. The molecule has 2 aliphatic heterocycles. The Balaban J connectivity index is 1.77. The molecule has 0 aliphatic carbocycles. The van der Waals surface area contributed by atoms with Crippen LogP contribution in [0.3, 0.4) is 0 Å². The van der Waals surface area contributed by atoms with Gasteiger partial charge < -0.3 is 15.8 Å². The van der Waals surface area contributed by atoms with Gasteiger partial charge in [-0.05, 0) is 43.5 Å². The van der Waals surface area contributed by atoms with Crippen molar-refractivity contribution in [2.45, 2.75) is 37.5 Å². The lowest BCUT2D eigenvalue weighted by atomic mass is 9.76. The first-order valence-corrected chi connectivity index (χ1v) is 9.21. The van der Waals surface area contributed by atoms with E-state index >= 15 is 0 Å². The zero-order chi connectivity index (χ0) is 17.4. The van der Waals surface area contributed by atoms with Crippen molar-refractivity contribution in [2.24, 2.45) is 11.7 Å². The highest BCUT2D eigenvalue weighted by atomic mass is 35.5. The fourth-order valence-corrected chi connectivity index (χ4v) is 4.39. The minimum absolute atomic E-state index is 0.0215. The number of fused-ring (bicyclic) bond motifs is 3. The summed E-state index contributed by atoms with van der Waals surface area (Å²) in [5.74, 6) is -0.0896. The van der Waals surface area contributed by atoms with Gasteiger partial charge in [-0.25, -0.2) is 4.39 Å². The van der Waals surface area contributed by atoms with E-state index in [-0.39, 0.29) is 30.0 Å². The van der Waals surface area contributed by atoms with Crippen LogP contribution in [0, 0.1) is 11.7 Å². The third-order valence-corrected chi connectivity index (χ3v) is 5.54. The molecule has 2 aromatic rings. The Kier molecular flexibility index (Phi) is 4.67. The summed E-state index contributed by atoms with van der Waals surface area (Å²) < 4.78 is 21.0. The molecule has 4 rings (SSSR count). The van der Waals surface area contributed by atoms with E-state index in [1.54, 1.807) is 0 Å². The predicted molar refractivity (Wildman–Crippen MR) is 98.2 cm³/mol. The molecular formula is C20H22ClFN2O. The van der Waals surface area contributed by atoms with Crippen molar-refractivity contribution in [3.63, 3.8) is 0 Å². The molecule has 0 saturated carbocycles. The highest BCUT2D eigenvalue weighted by molar-refractivity contribution is 6.30. The van der Waals surface area contributed by atoms with Crippen molar-refractivity contribution < 1.29 is 9.13 Å². The summed E-state index contributed by atoms with van der Waals surface area (Å²) in [6, 6.07) is 13.4. The van der Waals surface area contributed by atoms with Crippen molar-refractivity contribution >= 4 is 17.3 Å². The highest BCUT2D eigenvalue weighted by Crippen LogP contribution is 2.51. The Labute approximate surface area is 152 Å². The van der Waals surface area contributed by atoms with Crippen LogP contribution in [0.4, 0.5) is 10.1 Å². The van der Waals surface area contributed by atoms with Crippen LogP contribution >= 0.6 is 11.6 Å². The van der Waals surface area contributed by atoms with Crippen LogP contribution in [0.25, 0.3) is 0 Å². The summed E-state index contributed by atoms with van der Waals surface area (Å²) in [6.45, 7) is 0.596. The lowest BCUT2D eigenvalue weighted by molar-refractivity contribution is -0.0949. The zero-order valence-electron chi connectivity index (χ0n) is 13.9. The average molecular weight is 361 g/mol. The molecule has 3 nitrogen and oxygen atoms in total. The van der Waals surface area contributed by atoms with Gasteiger partial charge in [0.05, 0.1) is 23.9 Å². The van der Waals surface area contributed by atoms with Crippen LogP contribution in [-0.4, -0.2) is 12.6 Å². The van der Waals surface area contributed by atoms with Crippen molar-refractivity contribution in [3.8, 4) is 0 Å². The molecule has 25 heavy (non-hydrogen) atoms. The minimum atomic E-state index is -0.327. The lowest BCUT2D eigenvalue weighted by Gasteiger charge is -2.45. The Morgan fingerprint density at radius 1 is 1.20 bits per heavy atom. The van der Waals surface area contributed by atoms with Crippen LogP contribution in [0.1, 0.15) is 42.5 Å². The van der Waals surface area contributed by atoms with Gasteiger partial charge in [0.25, 0.3) is 0 Å². The topological polar surface area (TPSA) is 47.3 Å². The molecule has 4 atom stereocenters. The quantitative estimate of drug-likeness (QED) is 0.824. The minimum Gasteiger partial charge on any atom is -0.375 e. The number of rotatable bonds is 3. The zero-order valence-corrected chi connectivity index (χ0v) is 14.7. The molecule has 132 valence electrons. The number of anilines is 1. The highest BCUT2D eigenvalue weighted by Gasteiger charge is 2.43. The monoisotopic (exact) mass is 360 g/mol. The third-order valence-electron chi connectivity index (χ3n) is 5.32. The number of ether oxygens (including phenoxy) is 1. The SMILES string of the molecule is NCC[C@H]1CC[C@@H]2[C@H](O1)c1cc(Cl)cc(F)c1N[C@H]2c1ccccc1. The molecule has 5 heteroatoms. The van der Waals surface area contributed by atoms with E-state index in [1.807, 2.05) is 24.3 Å². The molecule has 0 spiro atoms. The van der Waals surface area contributed by atoms with E-state index in [0.29, 0.717) is 17.3 Å². The maximum Gasteiger partial charge on any atom is 0.148 e. The van der Waals surface area contributed by atoms with E-state index < -0.39 is 0 Å². The average Bonchev–Trinajstić information content (AvgIpc) is 2.62. The number of hydrogen-bond donors (Lipinski definition) is 2. The first kappa shape index (κ1) is 16.8. The fourth-order valence-electron chi connectivity index (χ4n) is 4.17. The largest absolute Gasteiger partial charge is 0.375 e. The molecule has 0 unspecified atom stereocenters. The molecule has 2 aromatic carbocycles. The van der Waals surface area contributed by atoms with E-state index in [0.717, 1.165) is 30.4 Å². The van der Waals surface area contributed by atoms with E-state index in [2.05, 4.69) is 17.4 Å². The van der Waals surface area contributed by atoms with Crippen LogP contribution < -0.4 is 11.1 Å². The van der Waals surface area contributed by atoms with Crippen LogP contribution in [0.15, 0.2) is 42.5 Å². The second kappa shape index (κ2) is 6.94. The van der Waals surface area contributed by atoms with E-state index in [4.69, 9.17) is 22.1 Å². The van der Waals surface area contributed by atoms with Gasteiger partial charge in [0, 0.05) is 16.5 Å². The fraction of sp³-hybridized carbons (Fsp3) is 0.400. The molecule has 0 bridgehead atoms. The van der Waals surface area contributed by atoms with Crippen LogP contribution in [-0.2, 0) is 4.74 Å². The van der Waals surface area contributed by atoms with Crippen LogP contribution in [0.5, 0.6) is 0 Å². The maximum absolute atomic E-state index is 14.6. The Morgan fingerprint density at radius 2 is 2.00 bits per heavy atom. The van der Waals surface area contributed by atoms with E-state index in [1.165, 1.54) is 6.07 Å². The standard InChI is InChI=1S/C20H22ClFN2O/c21-13-10-16-19(17(22)11-13)24-18(12-4-2-1-3-5-12)15-7-6-14(8-9-23)25-20(15)16/h1-5,10-11,14-15,18,20,24H,6-9,23H2/t14-,15+,18+,20+/m1/s1. The normalized spacial score (nSPS) is 28.0. The van der Waals surface area contributed by atoms with Crippen LogP contribution in [0.2, 0.25) is 5.02 Å². The molecule has 1 fully saturated rings. The molecule has 0 aromatic heterocycles. The molecular weight excluding hydrogens is 339 g/mol. The summed E-state index contributed by atoms with van der Waals surface area (Å²) in [5, 5.41) is 3.82. The number of nitrogens with one attached hydrogen (secondary N) is 1. The second-order valence-electron chi connectivity index (χ2n) is 6.88. The number of hydrogen-bond acceptors (Lipinski definition) is 3. The van der Waals surface area contributed by atoms with E-state index in [9.17, 15) is 4.39 Å². The number of nitrogens with two attached hydrogens (primary N) is 1. The van der Waals surface area contributed by atoms with Gasteiger partial charge in [0.2, 0.25) is 0 Å². The Bertz CT molecular complexity index is 755. The molecule has 3 N–H and O–H groups in total. The molecule has 1 saturated heterocycles.